The third-order valence-corrected chi connectivity index (χ3v) is 1.11. The first-order chi connectivity index (χ1) is 5.39. The van der Waals surface area contributed by atoms with Crippen LogP contribution in [0.2, 0.25) is 0 Å². The summed E-state index contributed by atoms with van der Waals surface area (Å²) in [6, 6.07) is 1.42. The van der Waals surface area contributed by atoms with Crippen molar-refractivity contribution in [3.05, 3.63) is 12.2 Å². The second-order valence-corrected chi connectivity index (χ2v) is 2.09. The van der Waals surface area contributed by atoms with E-state index in [1.165, 1.54) is 6.07 Å². The summed E-state index contributed by atoms with van der Waals surface area (Å²) in [5.41, 5.74) is 0. The maximum atomic E-state index is 11.6. The van der Waals surface area contributed by atoms with Crippen molar-refractivity contribution < 1.29 is 18.0 Å². The van der Waals surface area contributed by atoms with Crippen molar-refractivity contribution in [2.75, 3.05) is 0 Å². The molecular formula is C6H2F3NOS. The number of Topliss-reactive ketones (excluding diaryl/α,β-unsaturated/α-hetero) is 1. The fourth-order valence-corrected chi connectivity index (χ4v) is 0.512. The van der Waals surface area contributed by atoms with Gasteiger partial charge in [0, 0.05) is 6.08 Å². The van der Waals surface area contributed by atoms with Gasteiger partial charge in [-0.3, -0.25) is 4.79 Å². The number of hydrogen-bond acceptors (Lipinski definition) is 3. The molecule has 0 rings (SSSR count). The first kappa shape index (κ1) is 10.8. The van der Waals surface area contributed by atoms with Crippen LogP contribution in [0.25, 0.3) is 0 Å². The van der Waals surface area contributed by atoms with Crippen LogP contribution in [0.4, 0.5) is 13.2 Å². The predicted octanol–water partition coefficient (Wildman–Crippen LogP) is 1.57. The van der Waals surface area contributed by atoms with Crippen molar-refractivity contribution in [3.63, 3.8) is 0 Å². The van der Waals surface area contributed by atoms with Gasteiger partial charge < -0.3 is 0 Å². The molecule has 0 aliphatic heterocycles. The van der Waals surface area contributed by atoms with Gasteiger partial charge in [0.05, 0.1) is 10.9 Å². The van der Waals surface area contributed by atoms with Gasteiger partial charge in [-0.15, -0.1) is 0 Å². The number of carbonyl (C=O) groups excluding carboxylic acids is 1. The van der Waals surface area contributed by atoms with E-state index in [1.54, 1.807) is 0 Å². The number of rotatable bonds is 2. The largest absolute Gasteiger partial charge is 0.455 e. The minimum atomic E-state index is -4.96. The molecule has 64 valence electrons. The molecule has 0 fully saturated rings. The Morgan fingerprint density at radius 1 is 1.50 bits per heavy atom. The van der Waals surface area contributed by atoms with Crippen LogP contribution in [0.5, 0.6) is 0 Å². The van der Waals surface area contributed by atoms with E-state index in [9.17, 15) is 18.0 Å². The fourth-order valence-electron chi connectivity index (χ4n) is 0.328. The predicted molar refractivity (Wildman–Crippen MR) is 38.4 cm³/mol. The van der Waals surface area contributed by atoms with Crippen molar-refractivity contribution >= 4 is 22.9 Å². The van der Waals surface area contributed by atoms with Gasteiger partial charge in [-0.05, 0) is 6.08 Å². The number of ketones is 1. The summed E-state index contributed by atoms with van der Waals surface area (Å²) < 4.78 is 34.7. The molecule has 0 aliphatic rings. The number of nitrogens with zero attached hydrogens (tertiary/aromatic N) is 1. The molecule has 0 heterocycles. The van der Waals surface area contributed by atoms with Gasteiger partial charge in [0.15, 0.2) is 0 Å². The van der Waals surface area contributed by atoms with Crippen molar-refractivity contribution in [3.8, 4) is 6.07 Å². The van der Waals surface area contributed by atoms with Gasteiger partial charge in [0.1, 0.15) is 0 Å². The molecule has 0 saturated heterocycles. The molecule has 0 atom stereocenters. The Hall–Kier alpha value is -1.22. The first-order valence-corrected chi connectivity index (χ1v) is 3.02. The summed E-state index contributed by atoms with van der Waals surface area (Å²) in [4.78, 5) is 9.33. The summed E-state index contributed by atoms with van der Waals surface area (Å²) >= 11 is 4.08. The first-order valence-electron chi connectivity index (χ1n) is 2.61. The summed E-state index contributed by atoms with van der Waals surface area (Å²) in [5.74, 6) is -2.11. The number of alkyl halides is 3. The van der Waals surface area contributed by atoms with Crippen LogP contribution in [-0.4, -0.2) is 16.8 Å². The summed E-state index contributed by atoms with van der Waals surface area (Å²) in [5, 5.41) is 7.91. The number of halogens is 3. The highest BCUT2D eigenvalue weighted by molar-refractivity contribution is 7.82. The minimum Gasteiger partial charge on any atom is -0.283 e. The average molecular weight is 193 g/mol. The van der Waals surface area contributed by atoms with E-state index in [4.69, 9.17) is 5.26 Å². The maximum Gasteiger partial charge on any atom is 0.455 e. The minimum absolute atomic E-state index is 0.644. The van der Waals surface area contributed by atoms with Crippen molar-refractivity contribution in [1.29, 1.82) is 5.26 Å². The van der Waals surface area contributed by atoms with Crippen LogP contribution < -0.4 is 0 Å². The highest BCUT2D eigenvalue weighted by Crippen LogP contribution is 2.16. The fraction of sp³-hybridized carbons (Fsp3) is 0.167. The van der Waals surface area contributed by atoms with Crippen LogP contribution in [0.3, 0.4) is 0 Å². The van der Waals surface area contributed by atoms with Crippen LogP contribution in [0, 0.1) is 11.3 Å². The Kier molecular flexibility index (Phi) is 3.57. The van der Waals surface area contributed by atoms with E-state index in [0.717, 1.165) is 0 Å². The van der Waals surface area contributed by atoms with Gasteiger partial charge in [-0.1, -0.05) is 12.2 Å². The van der Waals surface area contributed by atoms with Gasteiger partial charge in [-0.25, -0.2) is 0 Å². The molecule has 0 bridgehead atoms. The number of thiocarbonyl (C=S) groups is 1. The van der Waals surface area contributed by atoms with Crippen LogP contribution in [0.15, 0.2) is 12.2 Å². The lowest BCUT2D eigenvalue weighted by atomic mass is 10.2. The Labute approximate surface area is 71.3 Å². The quantitative estimate of drug-likeness (QED) is 0.379. The molecular weight excluding hydrogens is 191 g/mol. The molecule has 0 aromatic rings. The molecule has 0 amide bonds. The van der Waals surface area contributed by atoms with E-state index < -0.39 is 16.8 Å². The van der Waals surface area contributed by atoms with E-state index in [-0.39, 0.29) is 0 Å². The van der Waals surface area contributed by atoms with E-state index >= 15 is 0 Å². The molecule has 0 saturated carbocycles. The van der Waals surface area contributed by atoms with Crippen LogP contribution in [-0.2, 0) is 4.79 Å². The van der Waals surface area contributed by atoms with Gasteiger partial charge in [-0.2, -0.15) is 18.4 Å². The standard InChI is InChI=1S/C6H2F3NOS/c7-6(8,9)5(11)4(12)2-1-3-10/h1-2H/b2-1+. The third-order valence-electron chi connectivity index (χ3n) is 0.790. The van der Waals surface area contributed by atoms with Crippen LogP contribution in [0.1, 0.15) is 0 Å². The smallest absolute Gasteiger partial charge is 0.283 e. The number of carbonyl (C=O) groups is 1. The lowest BCUT2D eigenvalue weighted by Crippen LogP contribution is -2.28. The molecule has 12 heavy (non-hydrogen) atoms. The lowest BCUT2D eigenvalue weighted by Gasteiger charge is -2.01. The Morgan fingerprint density at radius 3 is 2.33 bits per heavy atom. The molecule has 0 N–H and O–H groups in total. The molecule has 0 radical (unpaired) electrons. The topological polar surface area (TPSA) is 40.9 Å². The lowest BCUT2D eigenvalue weighted by molar-refractivity contribution is -0.162. The maximum absolute atomic E-state index is 11.6. The Balaban J connectivity index is 4.45. The van der Waals surface area contributed by atoms with Gasteiger partial charge in [0.25, 0.3) is 5.78 Å². The number of nitriles is 1. The summed E-state index contributed by atoms with van der Waals surface area (Å²) in [6.07, 6.45) is -3.60. The molecule has 0 spiro atoms. The SMILES string of the molecule is N#C/C=C/C(=S)C(=O)C(F)(F)F. The molecule has 0 unspecified atom stereocenters. The molecule has 0 aromatic heterocycles. The molecule has 0 aromatic carbocycles. The zero-order valence-electron chi connectivity index (χ0n) is 5.55. The third kappa shape index (κ3) is 3.25. The van der Waals surface area contributed by atoms with Gasteiger partial charge >= 0.3 is 6.18 Å². The Bertz CT molecular complexity index is 273. The zero-order valence-corrected chi connectivity index (χ0v) is 6.37. The van der Waals surface area contributed by atoms with Gasteiger partial charge in [0.2, 0.25) is 0 Å². The average Bonchev–Trinajstić information content (AvgIpc) is 1.97. The highest BCUT2D eigenvalue weighted by atomic mass is 32.1. The summed E-state index contributed by atoms with van der Waals surface area (Å²) in [7, 11) is 0. The van der Waals surface area contributed by atoms with Crippen molar-refractivity contribution in [1.82, 2.24) is 0 Å². The highest BCUT2D eigenvalue weighted by Gasteiger charge is 2.39. The second-order valence-electron chi connectivity index (χ2n) is 1.65. The molecule has 0 aliphatic carbocycles. The zero-order chi connectivity index (χ0) is 9.78. The van der Waals surface area contributed by atoms with E-state index in [1.807, 2.05) is 0 Å². The Morgan fingerprint density at radius 2 is 2.00 bits per heavy atom. The molecule has 2 nitrogen and oxygen atoms in total. The van der Waals surface area contributed by atoms with Crippen molar-refractivity contribution in [2.45, 2.75) is 6.18 Å². The monoisotopic (exact) mass is 193 g/mol. The van der Waals surface area contributed by atoms with Crippen LogP contribution >= 0.6 is 12.2 Å². The van der Waals surface area contributed by atoms with E-state index in [2.05, 4.69) is 12.2 Å². The number of allylic oxidation sites excluding steroid dienone is 2. The normalized spacial score (nSPS) is 11.2. The number of hydrogen-bond donors (Lipinski definition) is 0. The molecule has 6 heteroatoms. The summed E-state index contributed by atoms with van der Waals surface area (Å²) in [6.45, 7) is 0. The van der Waals surface area contributed by atoms with Crippen molar-refractivity contribution in [2.24, 2.45) is 0 Å². The van der Waals surface area contributed by atoms with E-state index in [0.29, 0.717) is 12.2 Å². The second kappa shape index (κ2) is 3.97.